The van der Waals surface area contributed by atoms with Crippen molar-refractivity contribution in [2.45, 2.75) is 44.7 Å². The number of rotatable bonds is 1. The highest BCUT2D eigenvalue weighted by molar-refractivity contribution is 4.75. The molecule has 0 aromatic heterocycles. The maximum atomic E-state index is 5.64. The minimum Gasteiger partial charge on any atom is -0.344 e. The van der Waals surface area contributed by atoms with E-state index in [0.717, 1.165) is 25.7 Å². The molecule has 0 atom stereocenters. The number of hydrogen-bond acceptors (Lipinski definition) is 5. The number of nitrogens with two attached hydrogens (primary N) is 2. The summed E-state index contributed by atoms with van der Waals surface area (Å²) in [7, 11) is 0. The van der Waals surface area contributed by atoms with Crippen molar-refractivity contribution in [3.8, 4) is 0 Å². The van der Waals surface area contributed by atoms with E-state index in [2.05, 4.69) is 17.1 Å². The van der Waals surface area contributed by atoms with Crippen LogP contribution in [0.5, 0.6) is 0 Å². The van der Waals surface area contributed by atoms with Gasteiger partial charge in [0.2, 0.25) is 0 Å². The molecule has 17 heavy (non-hydrogen) atoms. The van der Waals surface area contributed by atoms with Gasteiger partial charge in [-0.3, -0.25) is 0 Å². The second kappa shape index (κ2) is 9.79. The molecule has 0 aromatic carbocycles. The van der Waals surface area contributed by atoms with Gasteiger partial charge in [0.15, 0.2) is 0 Å². The molecule has 5 heteroatoms. The first-order chi connectivity index (χ1) is 7.72. The lowest BCUT2D eigenvalue weighted by molar-refractivity contribution is 0.253. The zero-order chi connectivity index (χ0) is 11.8. The molecular weight excluding hydrogens is 214 g/mol. The van der Waals surface area contributed by atoms with E-state index in [0.29, 0.717) is 12.1 Å². The molecule has 1 aliphatic carbocycles. The van der Waals surface area contributed by atoms with Gasteiger partial charge in [0.1, 0.15) is 0 Å². The van der Waals surface area contributed by atoms with Gasteiger partial charge in [-0.05, 0) is 32.2 Å². The second-order valence-electron chi connectivity index (χ2n) is 4.86. The van der Waals surface area contributed by atoms with E-state index in [-0.39, 0.29) is 6.15 Å². The molecule has 1 heterocycles. The Labute approximate surface area is 106 Å². The Kier molecular flexibility index (Phi) is 9.68. The van der Waals surface area contributed by atoms with E-state index >= 15 is 0 Å². The fourth-order valence-corrected chi connectivity index (χ4v) is 2.17. The highest BCUT2D eigenvalue weighted by Gasteiger charge is 2.13. The first-order valence-corrected chi connectivity index (χ1v) is 6.66. The number of likely N-dealkylation sites (N-methyl/N-ethyl adjacent to an activating group) is 1. The fourth-order valence-electron chi connectivity index (χ4n) is 2.17. The summed E-state index contributed by atoms with van der Waals surface area (Å²) < 4.78 is 0. The van der Waals surface area contributed by atoms with Crippen molar-refractivity contribution in [2.24, 2.45) is 11.5 Å². The Morgan fingerprint density at radius 1 is 1.00 bits per heavy atom. The van der Waals surface area contributed by atoms with Gasteiger partial charge >= 0.3 is 0 Å². The summed E-state index contributed by atoms with van der Waals surface area (Å²) in [6.45, 7) is 8.24. The lowest BCUT2D eigenvalue weighted by Gasteiger charge is -2.25. The zero-order valence-corrected chi connectivity index (χ0v) is 11.3. The second-order valence-corrected chi connectivity index (χ2v) is 4.86. The molecule has 0 spiro atoms. The third kappa shape index (κ3) is 7.68. The molecule has 5 nitrogen and oxygen atoms in total. The highest BCUT2D eigenvalue weighted by Crippen LogP contribution is 2.14. The molecule has 1 saturated carbocycles. The van der Waals surface area contributed by atoms with Gasteiger partial charge in [0.05, 0.1) is 0 Å². The molecule has 2 fully saturated rings. The molecule has 0 amide bonds. The van der Waals surface area contributed by atoms with Crippen LogP contribution in [0.2, 0.25) is 0 Å². The van der Waals surface area contributed by atoms with Gasteiger partial charge in [-0.1, -0.05) is 6.92 Å². The Hall–Kier alpha value is -0.200. The summed E-state index contributed by atoms with van der Waals surface area (Å²) in [5.41, 5.74) is 11.3. The van der Waals surface area contributed by atoms with Gasteiger partial charge in [0.25, 0.3) is 0 Å². The minimum atomic E-state index is 0. The van der Waals surface area contributed by atoms with Crippen LogP contribution in [0.1, 0.15) is 32.6 Å². The molecule has 2 aliphatic rings. The smallest absolute Gasteiger partial charge is 0.0107 e. The summed E-state index contributed by atoms with van der Waals surface area (Å²) >= 11 is 0. The Morgan fingerprint density at radius 2 is 1.41 bits per heavy atom. The third-order valence-electron chi connectivity index (χ3n) is 3.47. The lowest BCUT2D eigenvalue weighted by atomic mass is 9.93. The molecule has 0 aromatic rings. The van der Waals surface area contributed by atoms with Crippen LogP contribution in [0.25, 0.3) is 0 Å². The lowest BCUT2D eigenvalue weighted by Crippen LogP contribution is -2.43. The first kappa shape index (κ1) is 16.8. The Bertz CT molecular complexity index is 152. The van der Waals surface area contributed by atoms with E-state index in [1.54, 1.807) is 0 Å². The van der Waals surface area contributed by atoms with Crippen molar-refractivity contribution in [3.05, 3.63) is 0 Å². The normalized spacial score (nSPS) is 29.8. The quantitative estimate of drug-likeness (QED) is 0.532. The molecule has 0 bridgehead atoms. The van der Waals surface area contributed by atoms with Crippen LogP contribution < -0.4 is 22.9 Å². The molecule has 8 N–H and O–H groups in total. The summed E-state index contributed by atoms with van der Waals surface area (Å²) in [5.74, 6) is 0. The molecule has 1 saturated heterocycles. The van der Waals surface area contributed by atoms with Crippen molar-refractivity contribution in [1.29, 1.82) is 0 Å². The summed E-state index contributed by atoms with van der Waals surface area (Å²) in [6.07, 6.45) is 4.50. The highest BCUT2D eigenvalue weighted by atomic mass is 15.2. The van der Waals surface area contributed by atoms with Crippen LogP contribution in [0.15, 0.2) is 0 Å². The number of nitrogens with zero attached hydrogens (tertiary/aromatic N) is 1. The number of piperazine rings is 1. The Morgan fingerprint density at radius 3 is 1.71 bits per heavy atom. The number of nitrogens with one attached hydrogen (secondary N) is 1. The number of hydrogen-bond donors (Lipinski definition) is 4. The minimum absolute atomic E-state index is 0. The topological polar surface area (TPSA) is 102 Å². The van der Waals surface area contributed by atoms with Gasteiger partial charge < -0.3 is 27.8 Å². The van der Waals surface area contributed by atoms with Gasteiger partial charge in [-0.2, -0.15) is 0 Å². The van der Waals surface area contributed by atoms with Crippen molar-refractivity contribution in [2.75, 3.05) is 32.7 Å². The van der Waals surface area contributed by atoms with Crippen molar-refractivity contribution < 1.29 is 0 Å². The Balaban J connectivity index is 0.000000284. The predicted molar refractivity (Wildman–Crippen MR) is 74.4 cm³/mol. The van der Waals surface area contributed by atoms with Crippen LogP contribution in [0.3, 0.4) is 0 Å². The maximum absolute atomic E-state index is 5.64. The SMILES string of the molecule is CCN1CCNCC1.N.NC1CCC(N)CC1. The molecule has 0 radical (unpaired) electrons. The summed E-state index contributed by atoms with van der Waals surface area (Å²) in [4.78, 5) is 2.45. The van der Waals surface area contributed by atoms with Crippen LogP contribution in [-0.4, -0.2) is 49.7 Å². The van der Waals surface area contributed by atoms with Crippen LogP contribution in [-0.2, 0) is 0 Å². The molecule has 0 unspecified atom stereocenters. The van der Waals surface area contributed by atoms with E-state index in [1.165, 1.54) is 32.7 Å². The standard InChI is InChI=1S/2C6H14N2.H3N/c1-2-8-5-3-7-4-6-8;7-5-1-2-6(8)4-3-5;/h7H,2-6H2,1H3;5-6H,1-4,7-8H2;1H3. The zero-order valence-electron chi connectivity index (χ0n) is 11.3. The van der Waals surface area contributed by atoms with E-state index in [9.17, 15) is 0 Å². The van der Waals surface area contributed by atoms with E-state index in [4.69, 9.17) is 11.5 Å². The summed E-state index contributed by atoms with van der Waals surface area (Å²) in [6, 6.07) is 0.879. The molecular formula is C12H31N5. The van der Waals surface area contributed by atoms with Crippen molar-refractivity contribution in [1.82, 2.24) is 16.4 Å². The first-order valence-electron chi connectivity index (χ1n) is 6.66. The van der Waals surface area contributed by atoms with Gasteiger partial charge in [0, 0.05) is 38.3 Å². The molecule has 104 valence electrons. The monoisotopic (exact) mass is 245 g/mol. The van der Waals surface area contributed by atoms with Crippen LogP contribution in [0, 0.1) is 0 Å². The van der Waals surface area contributed by atoms with E-state index in [1.807, 2.05) is 0 Å². The van der Waals surface area contributed by atoms with Crippen molar-refractivity contribution in [3.63, 3.8) is 0 Å². The largest absolute Gasteiger partial charge is 0.344 e. The predicted octanol–water partition coefficient (Wildman–Crippen LogP) is 0.289. The maximum Gasteiger partial charge on any atom is 0.0107 e. The van der Waals surface area contributed by atoms with Crippen LogP contribution >= 0.6 is 0 Å². The fraction of sp³-hybridized carbons (Fsp3) is 1.00. The molecule has 1 aliphatic heterocycles. The molecule has 2 rings (SSSR count). The van der Waals surface area contributed by atoms with Crippen LogP contribution in [0.4, 0.5) is 0 Å². The average Bonchev–Trinajstić information content (AvgIpc) is 2.35. The van der Waals surface area contributed by atoms with E-state index < -0.39 is 0 Å². The summed E-state index contributed by atoms with van der Waals surface area (Å²) in [5, 5.41) is 3.31. The van der Waals surface area contributed by atoms with Crippen molar-refractivity contribution >= 4 is 0 Å². The average molecular weight is 245 g/mol. The van der Waals surface area contributed by atoms with Gasteiger partial charge in [-0.25, -0.2) is 0 Å². The van der Waals surface area contributed by atoms with Gasteiger partial charge in [-0.15, -0.1) is 0 Å². The third-order valence-corrected chi connectivity index (χ3v) is 3.47.